The maximum absolute atomic E-state index is 12.8. The summed E-state index contributed by atoms with van der Waals surface area (Å²) in [6.45, 7) is 5.76. The van der Waals surface area contributed by atoms with Crippen molar-refractivity contribution in [2.45, 2.75) is 57.9 Å². The van der Waals surface area contributed by atoms with Crippen LogP contribution in [0.4, 0.5) is 22.8 Å². The molecule has 3 aromatic carbocycles. The van der Waals surface area contributed by atoms with Crippen molar-refractivity contribution >= 4 is 28.9 Å². The van der Waals surface area contributed by atoms with E-state index in [1.54, 1.807) is 31.7 Å². The second-order valence-electron chi connectivity index (χ2n) is 11.7. The van der Waals surface area contributed by atoms with Crippen LogP contribution in [0.1, 0.15) is 56.7 Å². The summed E-state index contributed by atoms with van der Waals surface area (Å²) in [6.07, 6.45) is -5.00. The first-order valence-electron chi connectivity index (χ1n) is 14.5. The quantitative estimate of drug-likeness (QED) is 0.165. The molecule has 2 amide bonds. The zero-order valence-electron chi connectivity index (χ0n) is 25.3. The van der Waals surface area contributed by atoms with E-state index >= 15 is 0 Å². The third-order valence-corrected chi connectivity index (χ3v) is 7.08. The monoisotopic (exact) mass is 639 g/mol. The molecule has 1 aromatic heterocycles. The molecule has 0 aliphatic carbocycles. The lowest BCUT2D eigenvalue weighted by Crippen LogP contribution is -2.46. The molecule has 1 fully saturated rings. The lowest BCUT2D eigenvalue weighted by molar-refractivity contribution is -0.137. The molecule has 1 aliphatic heterocycles. The number of benzene rings is 3. The summed E-state index contributed by atoms with van der Waals surface area (Å²) >= 11 is 0. The number of fused-ring (bicyclic) bond motifs is 1. The summed E-state index contributed by atoms with van der Waals surface area (Å²) in [5.74, 6) is 1.01. The Balaban J connectivity index is 1.25. The molecule has 0 spiro atoms. The van der Waals surface area contributed by atoms with Gasteiger partial charge in [-0.15, -0.1) is 4.99 Å². The minimum atomic E-state index is -4.37. The van der Waals surface area contributed by atoms with Gasteiger partial charge in [-0.05, 0) is 80.3 Å². The number of likely N-dealkylation sites (tertiary alicyclic amines) is 1. The molecule has 1 unspecified atom stereocenters. The molecule has 5 rings (SSSR count). The molecule has 1 saturated heterocycles. The summed E-state index contributed by atoms with van der Waals surface area (Å²) < 4.78 is 55.0. The number of carbonyl (C=O) groups is 2. The van der Waals surface area contributed by atoms with E-state index in [-0.39, 0.29) is 11.9 Å². The molecule has 2 N–H and O–H groups in total. The lowest BCUT2D eigenvalue weighted by atomic mass is 10.1. The maximum atomic E-state index is 12.8. The summed E-state index contributed by atoms with van der Waals surface area (Å²) in [5, 5.41) is 17.7. The Kier molecular flexibility index (Phi) is 9.17. The van der Waals surface area contributed by atoms with Crippen LogP contribution in [0.15, 0.2) is 70.2 Å². The summed E-state index contributed by atoms with van der Waals surface area (Å²) in [6, 6.07) is 15.7. The van der Waals surface area contributed by atoms with Crippen LogP contribution in [0, 0.1) is 0 Å². The Morgan fingerprint density at radius 2 is 1.78 bits per heavy atom. The zero-order chi connectivity index (χ0) is 33.1. The number of carbonyl (C=O) groups excluding carboxylic acids is 1. The summed E-state index contributed by atoms with van der Waals surface area (Å²) in [5.41, 5.74) is -0.0509. The molecule has 0 saturated carbocycles. The number of halogens is 3. The van der Waals surface area contributed by atoms with Crippen LogP contribution in [0.3, 0.4) is 0 Å². The number of hydrogen-bond donors (Lipinski definition) is 2. The highest BCUT2D eigenvalue weighted by Crippen LogP contribution is 2.33. The maximum Gasteiger partial charge on any atom is 0.434 e. The van der Waals surface area contributed by atoms with Crippen molar-refractivity contribution in [2.75, 3.05) is 13.2 Å². The predicted molar refractivity (Wildman–Crippen MR) is 161 cm³/mol. The van der Waals surface area contributed by atoms with Crippen molar-refractivity contribution in [3.63, 3.8) is 0 Å². The minimum Gasteiger partial charge on any atom is -0.493 e. The van der Waals surface area contributed by atoms with Gasteiger partial charge in [0.25, 0.3) is 0 Å². The number of hydrogen-bond acceptors (Lipinski definition) is 7. The van der Waals surface area contributed by atoms with Gasteiger partial charge in [-0.3, -0.25) is 5.32 Å². The predicted octanol–water partition coefficient (Wildman–Crippen LogP) is 7.23. The number of carboxylic acid groups (broad SMARTS) is 1. The van der Waals surface area contributed by atoms with E-state index in [1.165, 1.54) is 12.1 Å². The minimum absolute atomic E-state index is 0.188. The fourth-order valence-corrected chi connectivity index (χ4v) is 5.01. The largest absolute Gasteiger partial charge is 0.493 e. The Bertz CT molecular complexity index is 1750. The molecule has 1 aliphatic rings. The second kappa shape index (κ2) is 13.1. The molecular weight excluding hydrogens is 607 g/mol. The first-order chi connectivity index (χ1) is 21.7. The molecule has 0 bridgehead atoms. The first-order valence-corrected chi connectivity index (χ1v) is 14.5. The SMILES string of the molecule is CC(C)(C)OC(=O)NC(=NC(=O)O)N1CCCC1c1nc(-c2ccc3cc(OCCc4ccc(C(F)(F)F)cc4)ccc3c2)no1. The molecule has 1 atom stereocenters. The normalized spacial score (nSPS) is 15.7. The van der Waals surface area contributed by atoms with Gasteiger partial charge in [0.2, 0.25) is 17.7 Å². The molecule has 242 valence electrons. The van der Waals surface area contributed by atoms with Crippen LogP contribution in [0.25, 0.3) is 22.2 Å². The van der Waals surface area contributed by atoms with E-state index in [0.717, 1.165) is 28.5 Å². The van der Waals surface area contributed by atoms with Crippen molar-refractivity contribution in [1.29, 1.82) is 0 Å². The van der Waals surface area contributed by atoms with Crippen molar-refractivity contribution in [2.24, 2.45) is 4.99 Å². The average Bonchev–Trinajstić information content (AvgIpc) is 3.65. The Morgan fingerprint density at radius 3 is 2.48 bits per heavy atom. The molecule has 2 heterocycles. The molecule has 14 heteroatoms. The number of guanidine groups is 1. The van der Waals surface area contributed by atoms with Gasteiger partial charge in [-0.1, -0.05) is 35.5 Å². The molecular formula is C32H32F3N5O6. The highest BCUT2D eigenvalue weighted by molar-refractivity contribution is 5.98. The van der Waals surface area contributed by atoms with Crippen molar-refractivity contribution in [3.05, 3.63) is 77.7 Å². The second-order valence-corrected chi connectivity index (χ2v) is 11.7. The Labute approximate surface area is 262 Å². The zero-order valence-corrected chi connectivity index (χ0v) is 25.3. The van der Waals surface area contributed by atoms with Crippen LogP contribution in [-0.2, 0) is 17.3 Å². The highest BCUT2D eigenvalue weighted by Gasteiger charge is 2.35. The van der Waals surface area contributed by atoms with E-state index < -0.39 is 35.6 Å². The van der Waals surface area contributed by atoms with E-state index in [2.05, 4.69) is 20.4 Å². The van der Waals surface area contributed by atoms with Gasteiger partial charge in [0, 0.05) is 18.5 Å². The fourth-order valence-electron chi connectivity index (χ4n) is 5.01. The summed E-state index contributed by atoms with van der Waals surface area (Å²) in [7, 11) is 0. The number of nitrogens with one attached hydrogen (secondary N) is 1. The first kappa shape index (κ1) is 32.3. The molecule has 46 heavy (non-hydrogen) atoms. The molecule has 11 nitrogen and oxygen atoms in total. The average molecular weight is 640 g/mol. The molecule has 0 radical (unpaired) electrons. The number of amides is 2. The van der Waals surface area contributed by atoms with Gasteiger partial charge < -0.3 is 24.0 Å². The number of ether oxygens (including phenoxy) is 2. The summed E-state index contributed by atoms with van der Waals surface area (Å²) in [4.78, 5) is 33.6. The highest BCUT2D eigenvalue weighted by atomic mass is 19.4. The third kappa shape index (κ3) is 8.11. The van der Waals surface area contributed by atoms with E-state index in [0.29, 0.717) is 49.6 Å². The van der Waals surface area contributed by atoms with Crippen LogP contribution in [-0.4, -0.2) is 57.0 Å². The topological polar surface area (TPSA) is 139 Å². The Hall–Kier alpha value is -5.14. The van der Waals surface area contributed by atoms with Gasteiger partial charge in [0.15, 0.2) is 0 Å². The van der Waals surface area contributed by atoms with E-state index in [4.69, 9.17) is 14.0 Å². The van der Waals surface area contributed by atoms with Gasteiger partial charge in [-0.2, -0.15) is 18.2 Å². The van der Waals surface area contributed by atoms with Gasteiger partial charge in [0.1, 0.15) is 17.4 Å². The fraction of sp³-hybridized carbons (Fsp3) is 0.344. The Morgan fingerprint density at radius 1 is 1.07 bits per heavy atom. The standard InChI is InChI=1S/C32H32F3N5O6/c1-31(2,3)45-30(43)38-28(37-29(41)42)40-15-4-5-25(40)27-36-26(39-46-27)22-9-8-21-18-24(13-10-20(21)17-22)44-16-14-19-6-11-23(12-7-19)32(33,34)35/h6-13,17-18,25H,4-5,14-16H2,1-3H3,(H,41,42)(H,37,38,43). The van der Waals surface area contributed by atoms with Gasteiger partial charge in [0.05, 0.1) is 12.2 Å². The third-order valence-electron chi connectivity index (χ3n) is 7.08. The lowest BCUT2D eigenvalue weighted by Gasteiger charge is -2.26. The smallest absolute Gasteiger partial charge is 0.434 e. The van der Waals surface area contributed by atoms with Crippen LogP contribution < -0.4 is 10.1 Å². The van der Waals surface area contributed by atoms with Crippen LogP contribution in [0.2, 0.25) is 0 Å². The van der Waals surface area contributed by atoms with Crippen LogP contribution >= 0.6 is 0 Å². The van der Waals surface area contributed by atoms with Gasteiger partial charge >= 0.3 is 18.4 Å². The number of rotatable bonds is 6. The number of alkyl carbamates (subject to hydrolysis) is 1. The van der Waals surface area contributed by atoms with E-state index in [1.807, 2.05) is 30.3 Å². The number of aliphatic imine (C=N–C) groups is 1. The van der Waals surface area contributed by atoms with Crippen molar-refractivity contribution in [3.8, 4) is 17.1 Å². The van der Waals surface area contributed by atoms with Crippen molar-refractivity contribution < 1.29 is 41.9 Å². The molecule has 4 aromatic rings. The number of alkyl halides is 3. The van der Waals surface area contributed by atoms with Crippen molar-refractivity contribution in [1.82, 2.24) is 20.4 Å². The number of aromatic nitrogens is 2. The van der Waals surface area contributed by atoms with E-state index in [9.17, 15) is 27.9 Å². The van der Waals surface area contributed by atoms with Crippen LogP contribution in [0.5, 0.6) is 5.75 Å². The number of nitrogens with zero attached hydrogens (tertiary/aromatic N) is 4. The van der Waals surface area contributed by atoms with Gasteiger partial charge in [-0.25, -0.2) is 9.59 Å².